The maximum absolute atomic E-state index is 11.4. The molecule has 0 radical (unpaired) electrons. The Hall–Kier alpha value is -1.38. The van der Waals surface area contributed by atoms with Gasteiger partial charge in [-0.25, -0.2) is 24.8 Å². The minimum Gasteiger partial charge on any atom is -0.463 e. The quantitative estimate of drug-likeness (QED) is 0.393. The number of carbonyl (C=O) groups is 1. The van der Waals surface area contributed by atoms with Gasteiger partial charge in [-0.3, -0.25) is 5.32 Å². The van der Waals surface area contributed by atoms with Gasteiger partial charge in [-0.2, -0.15) is 0 Å². The van der Waals surface area contributed by atoms with Gasteiger partial charge in [0.25, 0.3) is 0 Å². The molecule has 0 saturated heterocycles. The third kappa shape index (κ3) is 6.28. The van der Waals surface area contributed by atoms with Crippen LogP contribution in [0.5, 0.6) is 0 Å². The first-order chi connectivity index (χ1) is 9.87. The van der Waals surface area contributed by atoms with Crippen LogP contribution >= 0.6 is 10.0 Å². The molecule has 1 aliphatic heterocycles. The highest BCUT2D eigenvalue weighted by Gasteiger charge is 2.21. The first-order valence-corrected chi connectivity index (χ1v) is 9.49. The van der Waals surface area contributed by atoms with E-state index < -0.39 is 22.2 Å². The average Bonchev–Trinajstić information content (AvgIpc) is 2.44. The molecule has 0 spiro atoms. The van der Waals surface area contributed by atoms with Gasteiger partial charge in [-0.15, -0.1) is 0 Å². The summed E-state index contributed by atoms with van der Waals surface area (Å²) in [5, 5.41) is 3.07. The zero-order valence-corrected chi connectivity index (χ0v) is 13.8. The molecule has 8 heteroatoms. The highest BCUT2D eigenvalue weighted by molar-refractivity contribution is 8.32. The van der Waals surface area contributed by atoms with Crippen molar-refractivity contribution in [3.63, 3.8) is 0 Å². The standard InChI is InChI=1S/C13H24N4O3S/c1-19-13(18)12-15-8-10(7-14)11(17-12)16-9-20-5-6-21(2,3)4/h7-8,11,16H,5-6,9,14H2,1-4H3. The molecule has 0 fully saturated rings. The van der Waals surface area contributed by atoms with E-state index in [1.807, 2.05) is 0 Å². The first-order valence-electron chi connectivity index (χ1n) is 6.46. The molecule has 0 aromatic carbocycles. The van der Waals surface area contributed by atoms with Crippen LogP contribution in [-0.4, -0.2) is 69.2 Å². The number of nitrogens with zero attached hydrogens (tertiary/aromatic N) is 2. The normalized spacial score (nSPS) is 21.2. The molecule has 1 rings (SSSR count). The van der Waals surface area contributed by atoms with Crippen LogP contribution < -0.4 is 11.1 Å². The number of hydrogen-bond acceptors (Lipinski definition) is 7. The Morgan fingerprint density at radius 3 is 2.81 bits per heavy atom. The van der Waals surface area contributed by atoms with Gasteiger partial charge >= 0.3 is 5.97 Å². The Kier molecular flexibility index (Phi) is 6.86. The van der Waals surface area contributed by atoms with Gasteiger partial charge in [-0.05, 0) is 18.8 Å². The lowest BCUT2D eigenvalue weighted by molar-refractivity contribution is -0.132. The number of nitrogens with one attached hydrogen (secondary N) is 1. The number of nitrogens with two attached hydrogens (primary N) is 1. The summed E-state index contributed by atoms with van der Waals surface area (Å²) in [7, 11) is 0.724. The van der Waals surface area contributed by atoms with E-state index >= 15 is 0 Å². The molecule has 1 heterocycles. The van der Waals surface area contributed by atoms with E-state index in [1.54, 1.807) is 0 Å². The van der Waals surface area contributed by atoms with Crippen LogP contribution in [0.25, 0.3) is 0 Å². The number of ether oxygens (including phenoxy) is 2. The Morgan fingerprint density at radius 2 is 2.24 bits per heavy atom. The smallest absolute Gasteiger partial charge is 0.375 e. The van der Waals surface area contributed by atoms with Crippen molar-refractivity contribution >= 4 is 28.0 Å². The molecule has 1 aliphatic rings. The zero-order valence-electron chi connectivity index (χ0n) is 13.0. The molecule has 3 N–H and O–H groups in total. The highest BCUT2D eigenvalue weighted by Crippen LogP contribution is 2.33. The Bertz CT molecular complexity index is 455. The molecule has 120 valence electrons. The van der Waals surface area contributed by atoms with Gasteiger partial charge in [0, 0.05) is 23.7 Å². The maximum atomic E-state index is 11.4. The van der Waals surface area contributed by atoms with Crippen LogP contribution in [0.1, 0.15) is 0 Å². The van der Waals surface area contributed by atoms with E-state index in [9.17, 15) is 4.79 Å². The average molecular weight is 316 g/mol. The van der Waals surface area contributed by atoms with E-state index in [1.165, 1.54) is 19.5 Å². The molecule has 0 amide bonds. The van der Waals surface area contributed by atoms with Crippen LogP contribution in [-0.2, 0) is 14.3 Å². The molecule has 7 nitrogen and oxygen atoms in total. The summed E-state index contributed by atoms with van der Waals surface area (Å²) >= 11 is 0. The SMILES string of the molecule is COC(=O)C1=NC(NCOCCS(C)(C)C)C(=CN)C=N1. The number of esters is 1. The van der Waals surface area contributed by atoms with Crippen LogP contribution in [0, 0.1) is 0 Å². The van der Waals surface area contributed by atoms with Crippen molar-refractivity contribution in [3.05, 3.63) is 11.8 Å². The lowest BCUT2D eigenvalue weighted by atomic mass is 10.2. The van der Waals surface area contributed by atoms with Gasteiger partial charge in [0.1, 0.15) is 6.17 Å². The fourth-order valence-electron chi connectivity index (χ4n) is 1.45. The van der Waals surface area contributed by atoms with Gasteiger partial charge in [0.15, 0.2) is 0 Å². The summed E-state index contributed by atoms with van der Waals surface area (Å²) in [6.45, 7) is 1.01. The molecular weight excluding hydrogens is 292 g/mol. The summed E-state index contributed by atoms with van der Waals surface area (Å²) < 4.78 is 10.1. The Labute approximate surface area is 127 Å². The molecule has 1 atom stereocenters. The fourth-order valence-corrected chi connectivity index (χ4v) is 2.07. The Balaban J connectivity index is 2.49. The second kappa shape index (κ2) is 8.16. The van der Waals surface area contributed by atoms with Crippen LogP contribution in [0.3, 0.4) is 0 Å². The Morgan fingerprint density at radius 1 is 1.52 bits per heavy atom. The first kappa shape index (κ1) is 17.7. The summed E-state index contributed by atoms with van der Waals surface area (Å²) in [6, 6.07) is 0. The number of carbonyl (C=O) groups excluding carboxylic acids is 1. The van der Waals surface area contributed by atoms with Crippen molar-refractivity contribution in [1.82, 2.24) is 5.32 Å². The number of aliphatic imine (C=N–C) groups is 2. The van der Waals surface area contributed by atoms with Crippen molar-refractivity contribution in [2.75, 3.05) is 45.0 Å². The summed E-state index contributed by atoms with van der Waals surface area (Å²) in [5.41, 5.74) is 6.19. The van der Waals surface area contributed by atoms with Crippen molar-refractivity contribution in [3.8, 4) is 0 Å². The predicted octanol–water partition coefficient (Wildman–Crippen LogP) is 0.0687. The van der Waals surface area contributed by atoms with E-state index in [-0.39, 0.29) is 5.84 Å². The van der Waals surface area contributed by atoms with Crippen molar-refractivity contribution in [2.45, 2.75) is 6.17 Å². The molecule has 0 aromatic heterocycles. The van der Waals surface area contributed by atoms with Gasteiger partial charge in [0.2, 0.25) is 5.84 Å². The molecule has 0 saturated carbocycles. The second-order valence-electron chi connectivity index (χ2n) is 5.32. The number of hydrogen-bond donors (Lipinski definition) is 2. The number of rotatable bonds is 7. The van der Waals surface area contributed by atoms with E-state index in [2.05, 4.69) is 38.8 Å². The summed E-state index contributed by atoms with van der Waals surface area (Å²) in [5.74, 6) is 0.475. The topological polar surface area (TPSA) is 98.3 Å². The van der Waals surface area contributed by atoms with Gasteiger partial charge < -0.3 is 15.2 Å². The van der Waals surface area contributed by atoms with Crippen LogP contribution in [0.15, 0.2) is 21.8 Å². The predicted molar refractivity (Wildman–Crippen MR) is 88.2 cm³/mol. The van der Waals surface area contributed by atoms with Gasteiger partial charge in [-0.1, -0.05) is 0 Å². The summed E-state index contributed by atoms with van der Waals surface area (Å²) in [4.78, 5) is 19.5. The molecule has 0 aliphatic carbocycles. The lowest BCUT2D eigenvalue weighted by Gasteiger charge is -2.25. The van der Waals surface area contributed by atoms with E-state index in [0.717, 1.165) is 5.75 Å². The maximum Gasteiger partial charge on any atom is 0.375 e. The summed E-state index contributed by atoms with van der Waals surface area (Å²) in [6.07, 6.45) is 9.16. The number of methoxy groups -OCH3 is 1. The zero-order chi connectivity index (χ0) is 15.9. The van der Waals surface area contributed by atoms with Crippen LogP contribution in [0.4, 0.5) is 0 Å². The molecular formula is C13H24N4O3S. The third-order valence-corrected chi connectivity index (χ3v) is 4.07. The minimum atomic E-state index is -0.577. The fraction of sp³-hybridized carbons (Fsp3) is 0.615. The minimum absolute atomic E-state index is 0.0136. The lowest BCUT2D eigenvalue weighted by Crippen LogP contribution is -2.36. The van der Waals surface area contributed by atoms with Crippen molar-refractivity contribution in [1.29, 1.82) is 0 Å². The van der Waals surface area contributed by atoms with Gasteiger partial charge in [0.05, 0.1) is 20.4 Å². The molecule has 0 bridgehead atoms. The van der Waals surface area contributed by atoms with E-state index in [0.29, 0.717) is 18.9 Å². The molecule has 21 heavy (non-hydrogen) atoms. The molecule has 1 unspecified atom stereocenters. The van der Waals surface area contributed by atoms with Crippen molar-refractivity contribution in [2.24, 2.45) is 15.7 Å². The van der Waals surface area contributed by atoms with Crippen LogP contribution in [0.2, 0.25) is 0 Å². The highest BCUT2D eigenvalue weighted by atomic mass is 32.3. The number of amidine groups is 1. The largest absolute Gasteiger partial charge is 0.463 e. The molecule has 0 aromatic rings. The second-order valence-corrected chi connectivity index (χ2v) is 9.91. The van der Waals surface area contributed by atoms with Crippen molar-refractivity contribution < 1.29 is 14.3 Å². The van der Waals surface area contributed by atoms with E-state index in [4.69, 9.17) is 10.5 Å². The third-order valence-electron chi connectivity index (χ3n) is 2.68. The monoisotopic (exact) mass is 316 g/mol.